The van der Waals surface area contributed by atoms with Crippen molar-refractivity contribution >= 4 is 34.0 Å². The molecule has 0 unspecified atom stereocenters. The summed E-state index contributed by atoms with van der Waals surface area (Å²) in [6.45, 7) is 0.639. The fourth-order valence-electron chi connectivity index (χ4n) is 7.06. The molecule has 0 N–H and O–H groups in total. The Morgan fingerprint density at radius 1 is 0.478 bits per heavy atom. The average molecular weight is 995 g/mol. The van der Waals surface area contributed by atoms with Crippen molar-refractivity contribution in [3.63, 3.8) is 0 Å². The molecule has 1 heterocycles. The summed E-state index contributed by atoms with van der Waals surface area (Å²) in [6.07, 6.45) is -2.20. The van der Waals surface area contributed by atoms with E-state index in [4.69, 9.17) is 10.00 Å². The van der Waals surface area contributed by atoms with Crippen LogP contribution in [0.15, 0.2) is 73.2 Å². The van der Waals surface area contributed by atoms with Crippen LogP contribution in [0.25, 0.3) is 0 Å². The van der Waals surface area contributed by atoms with E-state index < -0.39 is 150 Å². The minimum atomic E-state index is -7.22. The molecule has 0 saturated heterocycles. The van der Waals surface area contributed by atoms with Crippen LogP contribution < -0.4 is 31.2 Å². The van der Waals surface area contributed by atoms with E-state index >= 15 is 35.1 Å². The summed E-state index contributed by atoms with van der Waals surface area (Å²) >= 11 is 0. The van der Waals surface area contributed by atoms with Gasteiger partial charge in [0.25, 0.3) is 0 Å². The lowest BCUT2D eigenvalue weighted by Gasteiger charge is -2.44. The van der Waals surface area contributed by atoms with Gasteiger partial charge in [0.1, 0.15) is 58.4 Å². The lowest BCUT2D eigenvalue weighted by molar-refractivity contribution is -0.689. The second-order valence-electron chi connectivity index (χ2n) is 13.9. The maximum atomic E-state index is 15.4. The highest BCUT2D eigenvalue weighted by molar-refractivity contribution is 7.20. The lowest BCUT2D eigenvalue weighted by Crippen LogP contribution is -2.81. The van der Waals surface area contributed by atoms with Crippen LogP contribution in [-0.2, 0) is 6.54 Å². The fraction of sp³-hybridized carbons (Fsp3) is 0.0233. The van der Waals surface area contributed by atoms with Crippen molar-refractivity contribution in [2.24, 2.45) is 0 Å². The molecule has 0 fully saturated rings. The molecule has 26 heteroatoms. The van der Waals surface area contributed by atoms with Gasteiger partial charge in [0, 0.05) is 5.56 Å². The summed E-state index contributed by atoms with van der Waals surface area (Å²) in [4.78, 5) is 16.3. The van der Waals surface area contributed by atoms with Crippen LogP contribution >= 0.6 is 0 Å². The second kappa shape index (κ2) is 19.3. The maximum Gasteiger partial charge on any atom is 0.368 e. The molecule has 5 nitrogen and oxygen atoms in total. The molecule has 1 aromatic heterocycles. The Morgan fingerprint density at radius 3 is 1.12 bits per heavy atom. The highest BCUT2D eigenvalue weighted by atomic mass is 19.2. The smallest absolute Gasteiger partial charge is 0.368 e. The quantitative estimate of drug-likeness (QED) is 0.0292. The first-order chi connectivity index (χ1) is 32.4. The van der Waals surface area contributed by atoms with Crippen LogP contribution in [0.4, 0.5) is 87.8 Å². The van der Waals surface area contributed by atoms with Crippen molar-refractivity contribution in [1.82, 2.24) is 4.98 Å². The number of esters is 1. The van der Waals surface area contributed by atoms with Crippen molar-refractivity contribution in [3.8, 4) is 11.8 Å². The molecule has 0 radical (unpaired) electrons. The van der Waals surface area contributed by atoms with E-state index in [1.165, 1.54) is 0 Å². The molecule has 0 aliphatic rings. The number of nitriles is 1. The topological polar surface area (TPSA) is 66.9 Å². The van der Waals surface area contributed by atoms with Gasteiger partial charge in [-0.1, -0.05) is 30.3 Å². The van der Waals surface area contributed by atoms with Crippen LogP contribution in [0.2, 0.25) is 0 Å². The standard InChI is InChI=1S/C24BF20.C19H14N3O2/c26-5-1(6(27)14(35)21(42)13(5)34)25(2-7(28)15(36)22(43)16(37)8(2)29,3-9(30)17(38)23(44)18(39)10(3)31)4-11(32)19(40)24(45)20(41)12(4)33;20-12-15-6-8-17(9-7-15)24-19(23)18-14-22(11-10-21-18)13-16-4-2-1-3-5-16/h;1-11,14H,13H2/q-1;+1. The third-order valence-corrected chi connectivity index (χ3v) is 10.1. The minimum Gasteiger partial charge on any atom is -0.422 e. The predicted molar refractivity (Wildman–Crippen MR) is 195 cm³/mol. The molecule has 7 rings (SSSR count). The van der Waals surface area contributed by atoms with E-state index in [9.17, 15) is 57.5 Å². The van der Waals surface area contributed by atoms with E-state index in [1.807, 2.05) is 41.0 Å². The van der Waals surface area contributed by atoms with E-state index in [-0.39, 0.29) is 5.69 Å². The molecule has 0 spiro atoms. The van der Waals surface area contributed by atoms with Crippen molar-refractivity contribution in [2.75, 3.05) is 0 Å². The Balaban J connectivity index is 0.000000273. The van der Waals surface area contributed by atoms with Crippen LogP contribution in [0.3, 0.4) is 0 Å². The van der Waals surface area contributed by atoms with Gasteiger partial charge in [-0.3, -0.25) is 0 Å². The summed E-state index contributed by atoms with van der Waals surface area (Å²) in [6, 6.07) is 18.3. The minimum absolute atomic E-state index is 0.220. The van der Waals surface area contributed by atoms with Crippen LogP contribution in [0.1, 0.15) is 21.6 Å². The normalized spacial score (nSPS) is 11.3. The van der Waals surface area contributed by atoms with Gasteiger partial charge in [-0.15, -0.1) is 21.9 Å². The summed E-state index contributed by atoms with van der Waals surface area (Å²) in [7, 11) is 0. The highest BCUT2D eigenvalue weighted by Crippen LogP contribution is 2.31. The first-order valence-corrected chi connectivity index (χ1v) is 18.3. The van der Waals surface area contributed by atoms with Gasteiger partial charge in [-0.2, -0.15) is 9.83 Å². The zero-order valence-corrected chi connectivity index (χ0v) is 32.9. The number of halogens is 20. The van der Waals surface area contributed by atoms with Crippen LogP contribution in [-0.4, -0.2) is 17.1 Å². The molecule has 356 valence electrons. The molecule has 7 aromatic rings. The first-order valence-electron chi connectivity index (χ1n) is 18.3. The summed E-state index contributed by atoms with van der Waals surface area (Å²) < 4.78 is 301. The number of aromatic nitrogens is 2. The number of benzene rings is 6. The van der Waals surface area contributed by atoms with Crippen molar-refractivity contribution < 1.29 is 102 Å². The zero-order chi connectivity index (χ0) is 51.1. The Kier molecular flexibility index (Phi) is 14.1. The number of hydrogen-bond acceptors (Lipinski definition) is 4. The third-order valence-electron chi connectivity index (χ3n) is 10.1. The van der Waals surface area contributed by atoms with Crippen molar-refractivity contribution in [2.45, 2.75) is 6.54 Å². The number of nitrogens with zero attached hydrogens (tertiary/aromatic N) is 3. The zero-order valence-electron chi connectivity index (χ0n) is 32.9. The van der Waals surface area contributed by atoms with Gasteiger partial charge in [0.2, 0.25) is 11.9 Å². The molecular formula is C43H14BF20N3O2. The molecule has 0 bridgehead atoms. The largest absolute Gasteiger partial charge is 0.422 e. The predicted octanol–water partition coefficient (Wildman–Crippen LogP) is 8.35. The molecule has 0 aliphatic carbocycles. The van der Waals surface area contributed by atoms with Crippen LogP contribution in [0.5, 0.6) is 5.75 Å². The van der Waals surface area contributed by atoms with E-state index in [1.54, 1.807) is 42.9 Å². The van der Waals surface area contributed by atoms with Crippen molar-refractivity contribution in [3.05, 3.63) is 206 Å². The molecule has 0 aliphatic heterocycles. The SMILES string of the molecule is Fc1c(F)c(F)c([B-](c2c(F)c(F)c(F)c(F)c2F)(c2c(F)c(F)c(F)c(F)c2F)c2c(F)c(F)c(F)c(F)c2F)c(F)c1F.N#Cc1ccc(OC(=O)c2c[n+](Cc3ccccc3)ccn2)cc1. The summed E-state index contributed by atoms with van der Waals surface area (Å²) in [5, 5.41) is 8.77. The molecular weight excluding hydrogens is 981 g/mol. The first kappa shape index (κ1) is 50.4. The van der Waals surface area contributed by atoms with Gasteiger partial charge >= 0.3 is 5.97 Å². The molecule has 0 saturated carbocycles. The van der Waals surface area contributed by atoms with Gasteiger partial charge < -0.3 is 4.74 Å². The molecule has 6 aromatic carbocycles. The summed E-state index contributed by atoms with van der Waals surface area (Å²) in [5.74, 6) is -71.6. The number of carbonyl (C=O) groups excluding carboxylic acids is 1. The number of rotatable bonds is 8. The second-order valence-corrected chi connectivity index (χ2v) is 13.9. The van der Waals surface area contributed by atoms with Gasteiger partial charge in [0.05, 0.1) is 17.8 Å². The molecule has 0 atom stereocenters. The lowest BCUT2D eigenvalue weighted by atomic mass is 9.12. The number of carbonyl (C=O) groups is 1. The molecule has 0 amide bonds. The number of ether oxygens (including phenoxy) is 1. The average Bonchev–Trinajstić information content (AvgIpc) is 3.34. The summed E-state index contributed by atoms with van der Waals surface area (Å²) in [5.41, 5.74) is -12.5. The Hall–Kier alpha value is -7.98. The van der Waals surface area contributed by atoms with E-state index in [0.717, 1.165) is 5.56 Å². The van der Waals surface area contributed by atoms with Gasteiger partial charge in [-0.25, -0.2) is 97.6 Å². The van der Waals surface area contributed by atoms with E-state index in [0.29, 0.717) is 17.9 Å². The fourth-order valence-corrected chi connectivity index (χ4v) is 7.06. The van der Waals surface area contributed by atoms with Crippen molar-refractivity contribution in [1.29, 1.82) is 5.26 Å². The maximum absolute atomic E-state index is 15.4. The Labute approximate surface area is 370 Å². The Bertz CT molecular complexity index is 2880. The van der Waals surface area contributed by atoms with E-state index in [2.05, 4.69) is 4.98 Å². The third kappa shape index (κ3) is 8.52. The van der Waals surface area contributed by atoms with Crippen LogP contribution in [0, 0.1) is 128 Å². The molecule has 69 heavy (non-hydrogen) atoms. The highest BCUT2D eigenvalue weighted by Gasteiger charge is 2.52. The van der Waals surface area contributed by atoms with Gasteiger partial charge in [-0.05, 0) is 24.3 Å². The Morgan fingerprint density at radius 2 is 0.797 bits per heavy atom. The monoisotopic (exact) mass is 995 g/mol. The van der Waals surface area contributed by atoms with Gasteiger partial charge in [0.15, 0.2) is 82.5 Å². The number of hydrogen-bond donors (Lipinski definition) is 0.